The van der Waals surface area contributed by atoms with Crippen molar-refractivity contribution < 1.29 is 22.1 Å². The number of fused-ring (bicyclic) bond motifs is 1. The first kappa shape index (κ1) is 16.3. The van der Waals surface area contributed by atoms with Gasteiger partial charge in [0.05, 0.1) is 4.90 Å². The largest absolute Gasteiger partial charge is 0.486 e. The monoisotopic (exact) mass is 398 g/mol. The Morgan fingerprint density at radius 3 is 2.65 bits per heavy atom. The number of ether oxygens (including phenoxy) is 2. The van der Waals surface area contributed by atoms with Crippen LogP contribution in [0.25, 0.3) is 0 Å². The van der Waals surface area contributed by atoms with Crippen molar-refractivity contribution in [2.24, 2.45) is 0 Å². The molecule has 1 heterocycles. The standard InChI is InChI=1S/C16H15BrO5S/c1-11-2-5-14(6-3-11)23(18,19)21-10-13-9-20-15-7-4-12(17)8-16(15)22-13/h2-8,13H,9-10H2,1H3/t13-/m1/s1. The minimum atomic E-state index is -3.81. The van der Waals surface area contributed by atoms with Gasteiger partial charge in [0.25, 0.3) is 10.1 Å². The van der Waals surface area contributed by atoms with Gasteiger partial charge in [-0.15, -0.1) is 0 Å². The van der Waals surface area contributed by atoms with Gasteiger partial charge in [-0.1, -0.05) is 33.6 Å². The van der Waals surface area contributed by atoms with Gasteiger partial charge in [0, 0.05) is 4.47 Å². The lowest BCUT2D eigenvalue weighted by molar-refractivity contribution is 0.0554. The molecule has 0 spiro atoms. The van der Waals surface area contributed by atoms with Gasteiger partial charge in [0.1, 0.15) is 13.2 Å². The molecule has 0 aromatic heterocycles. The highest BCUT2D eigenvalue weighted by atomic mass is 79.9. The molecule has 0 fully saturated rings. The summed E-state index contributed by atoms with van der Waals surface area (Å²) in [7, 11) is -3.81. The van der Waals surface area contributed by atoms with E-state index in [2.05, 4.69) is 15.9 Å². The van der Waals surface area contributed by atoms with E-state index in [0.717, 1.165) is 10.0 Å². The van der Waals surface area contributed by atoms with Crippen molar-refractivity contribution in [3.63, 3.8) is 0 Å². The number of rotatable bonds is 4. The third-order valence-electron chi connectivity index (χ3n) is 3.34. The maximum Gasteiger partial charge on any atom is 0.297 e. The molecular weight excluding hydrogens is 384 g/mol. The summed E-state index contributed by atoms with van der Waals surface area (Å²) in [6.45, 7) is 2.01. The van der Waals surface area contributed by atoms with Gasteiger partial charge >= 0.3 is 0 Å². The normalized spacial score (nSPS) is 17.0. The minimum Gasteiger partial charge on any atom is -0.486 e. The van der Waals surface area contributed by atoms with Gasteiger partial charge in [0.15, 0.2) is 17.6 Å². The molecule has 1 atom stereocenters. The van der Waals surface area contributed by atoms with Gasteiger partial charge in [-0.25, -0.2) is 0 Å². The lowest BCUT2D eigenvalue weighted by atomic mass is 10.2. The van der Waals surface area contributed by atoms with Crippen LogP contribution in [-0.2, 0) is 14.3 Å². The fourth-order valence-corrected chi connectivity index (χ4v) is 3.39. The molecule has 7 heteroatoms. The van der Waals surface area contributed by atoms with Crippen molar-refractivity contribution in [1.82, 2.24) is 0 Å². The molecule has 0 unspecified atom stereocenters. The Morgan fingerprint density at radius 1 is 1.17 bits per heavy atom. The second kappa shape index (κ2) is 6.51. The van der Waals surface area contributed by atoms with Crippen LogP contribution in [0.2, 0.25) is 0 Å². The average molecular weight is 399 g/mol. The van der Waals surface area contributed by atoms with Crippen LogP contribution in [0.1, 0.15) is 5.56 Å². The number of aryl methyl sites for hydroxylation is 1. The minimum absolute atomic E-state index is 0.109. The van der Waals surface area contributed by atoms with E-state index in [4.69, 9.17) is 13.7 Å². The molecule has 0 amide bonds. The fourth-order valence-electron chi connectivity index (χ4n) is 2.11. The summed E-state index contributed by atoms with van der Waals surface area (Å²) in [5.74, 6) is 1.19. The Kier molecular flexibility index (Phi) is 4.61. The predicted octanol–water partition coefficient (Wildman–Crippen LogP) is 3.30. The van der Waals surface area contributed by atoms with E-state index in [1.807, 2.05) is 13.0 Å². The second-order valence-corrected chi connectivity index (χ2v) is 7.72. The van der Waals surface area contributed by atoms with Gasteiger partial charge in [0.2, 0.25) is 0 Å². The summed E-state index contributed by atoms with van der Waals surface area (Å²) >= 11 is 3.35. The Labute approximate surface area is 143 Å². The molecule has 0 bridgehead atoms. The zero-order chi connectivity index (χ0) is 16.4. The van der Waals surface area contributed by atoms with Crippen molar-refractivity contribution in [1.29, 1.82) is 0 Å². The summed E-state index contributed by atoms with van der Waals surface area (Å²) in [6.07, 6.45) is -0.489. The maximum absolute atomic E-state index is 12.2. The van der Waals surface area contributed by atoms with E-state index in [1.165, 1.54) is 12.1 Å². The van der Waals surface area contributed by atoms with Crippen LogP contribution in [0, 0.1) is 6.92 Å². The second-order valence-electron chi connectivity index (χ2n) is 5.19. The molecule has 1 aliphatic heterocycles. The Morgan fingerprint density at radius 2 is 1.91 bits per heavy atom. The molecule has 0 radical (unpaired) electrons. The van der Waals surface area contributed by atoms with Crippen LogP contribution < -0.4 is 9.47 Å². The molecule has 1 aliphatic rings. The summed E-state index contributed by atoms with van der Waals surface area (Å²) < 4.78 is 41.5. The Balaban J connectivity index is 1.66. The van der Waals surface area contributed by atoms with E-state index in [0.29, 0.717) is 11.5 Å². The van der Waals surface area contributed by atoms with Crippen LogP contribution in [-0.4, -0.2) is 27.7 Å². The fraction of sp³-hybridized carbons (Fsp3) is 0.250. The highest BCUT2D eigenvalue weighted by Gasteiger charge is 2.24. The molecule has 0 saturated carbocycles. The molecule has 0 N–H and O–H groups in total. The lowest BCUT2D eigenvalue weighted by Crippen LogP contribution is -2.34. The summed E-state index contributed by atoms with van der Waals surface area (Å²) in [6, 6.07) is 11.9. The van der Waals surface area contributed by atoms with Crippen LogP contribution >= 0.6 is 15.9 Å². The van der Waals surface area contributed by atoms with Crippen LogP contribution in [0.3, 0.4) is 0 Å². The van der Waals surface area contributed by atoms with E-state index < -0.39 is 16.2 Å². The van der Waals surface area contributed by atoms with Crippen molar-refractivity contribution in [3.05, 3.63) is 52.5 Å². The summed E-state index contributed by atoms with van der Waals surface area (Å²) in [5.41, 5.74) is 0.982. The van der Waals surface area contributed by atoms with Crippen molar-refractivity contribution >= 4 is 26.0 Å². The number of halogens is 1. The van der Waals surface area contributed by atoms with Gasteiger partial charge in [-0.2, -0.15) is 8.42 Å². The number of benzene rings is 2. The molecule has 122 valence electrons. The Hall–Kier alpha value is -1.57. The zero-order valence-electron chi connectivity index (χ0n) is 12.4. The van der Waals surface area contributed by atoms with Gasteiger partial charge in [-0.3, -0.25) is 4.18 Å². The van der Waals surface area contributed by atoms with E-state index in [1.54, 1.807) is 24.3 Å². The lowest BCUT2D eigenvalue weighted by Gasteiger charge is -2.26. The van der Waals surface area contributed by atoms with Crippen LogP contribution in [0.15, 0.2) is 51.8 Å². The van der Waals surface area contributed by atoms with E-state index in [9.17, 15) is 8.42 Å². The molecule has 23 heavy (non-hydrogen) atoms. The first-order chi connectivity index (χ1) is 10.9. The summed E-state index contributed by atoms with van der Waals surface area (Å²) in [4.78, 5) is 0.128. The van der Waals surface area contributed by atoms with Crippen molar-refractivity contribution in [2.45, 2.75) is 17.9 Å². The molecule has 0 saturated heterocycles. The molecule has 3 rings (SSSR count). The smallest absolute Gasteiger partial charge is 0.297 e. The highest BCUT2D eigenvalue weighted by Crippen LogP contribution is 2.34. The van der Waals surface area contributed by atoms with E-state index in [-0.39, 0.29) is 18.1 Å². The van der Waals surface area contributed by atoms with E-state index >= 15 is 0 Å². The molecule has 0 aliphatic carbocycles. The molecular formula is C16H15BrO5S. The van der Waals surface area contributed by atoms with Gasteiger partial charge in [-0.05, 0) is 37.3 Å². The first-order valence-corrected chi connectivity index (χ1v) is 9.19. The van der Waals surface area contributed by atoms with Gasteiger partial charge < -0.3 is 9.47 Å². The van der Waals surface area contributed by atoms with Crippen LogP contribution in [0.4, 0.5) is 0 Å². The zero-order valence-corrected chi connectivity index (χ0v) is 14.8. The SMILES string of the molecule is Cc1ccc(S(=O)(=O)OC[C@H]2COc3ccc(Br)cc3O2)cc1. The van der Waals surface area contributed by atoms with Crippen molar-refractivity contribution in [3.8, 4) is 11.5 Å². The predicted molar refractivity (Wildman–Crippen MR) is 88.4 cm³/mol. The third kappa shape index (κ3) is 3.85. The number of hydrogen-bond acceptors (Lipinski definition) is 5. The third-order valence-corrected chi connectivity index (χ3v) is 5.13. The first-order valence-electron chi connectivity index (χ1n) is 6.99. The number of hydrogen-bond donors (Lipinski definition) is 0. The Bertz CT molecular complexity index is 802. The average Bonchev–Trinajstić information content (AvgIpc) is 2.53. The molecule has 2 aromatic carbocycles. The maximum atomic E-state index is 12.2. The topological polar surface area (TPSA) is 61.8 Å². The van der Waals surface area contributed by atoms with Crippen LogP contribution in [0.5, 0.6) is 11.5 Å². The summed E-state index contributed by atoms with van der Waals surface area (Å²) in [5, 5.41) is 0. The highest BCUT2D eigenvalue weighted by molar-refractivity contribution is 9.10. The molecule has 5 nitrogen and oxygen atoms in total. The van der Waals surface area contributed by atoms with Crippen molar-refractivity contribution in [2.75, 3.05) is 13.2 Å². The molecule has 2 aromatic rings. The quantitative estimate of drug-likeness (QED) is 0.739.